The van der Waals surface area contributed by atoms with Crippen LogP contribution in [-0.2, 0) is 4.79 Å². The molecule has 3 aromatic carbocycles. The van der Waals surface area contributed by atoms with Crippen molar-refractivity contribution in [2.24, 2.45) is 5.92 Å². The molecule has 0 N–H and O–H groups in total. The van der Waals surface area contributed by atoms with Crippen molar-refractivity contribution in [2.75, 3.05) is 44.2 Å². The van der Waals surface area contributed by atoms with Crippen LogP contribution in [0.1, 0.15) is 38.5 Å². The van der Waals surface area contributed by atoms with E-state index in [4.69, 9.17) is 0 Å². The van der Waals surface area contributed by atoms with E-state index < -0.39 is 0 Å². The van der Waals surface area contributed by atoms with Gasteiger partial charge in [0.15, 0.2) is 0 Å². The van der Waals surface area contributed by atoms with Crippen LogP contribution in [0.3, 0.4) is 0 Å². The Morgan fingerprint density at radius 3 is 2.00 bits per heavy atom. The zero-order chi connectivity index (χ0) is 25.2. The minimum absolute atomic E-state index is 0.000431. The quantitative estimate of drug-likeness (QED) is 0.537. The van der Waals surface area contributed by atoms with Crippen molar-refractivity contribution in [3.05, 3.63) is 101 Å². The van der Waals surface area contributed by atoms with Crippen LogP contribution >= 0.6 is 0 Å². The number of benzene rings is 3. The van der Waals surface area contributed by atoms with Crippen LogP contribution in [0, 0.1) is 26.7 Å². The summed E-state index contributed by atoms with van der Waals surface area (Å²) >= 11 is 0. The van der Waals surface area contributed by atoms with E-state index in [1.807, 2.05) is 41.0 Å². The van der Waals surface area contributed by atoms with Crippen LogP contribution in [0.5, 0.6) is 0 Å². The number of anilines is 1. The summed E-state index contributed by atoms with van der Waals surface area (Å²) in [4.78, 5) is 33.6. The molecule has 2 fully saturated rings. The van der Waals surface area contributed by atoms with Gasteiger partial charge in [-0.15, -0.1) is 0 Å². The van der Waals surface area contributed by atoms with Gasteiger partial charge in [-0.25, -0.2) is 0 Å². The molecular formula is C31H35N3O2. The SMILES string of the molecule is Cc1ccc(C2CN(C(=O)c3ccccc3C)CC2C(=O)N2CCN(c3ccccc3C)CC2)cc1. The molecule has 2 atom stereocenters. The van der Waals surface area contributed by atoms with Crippen molar-refractivity contribution >= 4 is 17.5 Å². The van der Waals surface area contributed by atoms with E-state index in [0.29, 0.717) is 26.2 Å². The number of para-hydroxylation sites is 1. The first kappa shape index (κ1) is 24.1. The second-order valence-corrected chi connectivity index (χ2v) is 10.2. The number of piperazine rings is 1. The highest BCUT2D eigenvalue weighted by atomic mass is 16.2. The predicted octanol–water partition coefficient (Wildman–Crippen LogP) is 4.82. The number of nitrogens with zero attached hydrogens (tertiary/aromatic N) is 3. The van der Waals surface area contributed by atoms with Gasteiger partial charge < -0.3 is 14.7 Å². The molecule has 0 spiro atoms. The Hall–Kier alpha value is -3.60. The van der Waals surface area contributed by atoms with Crippen LogP contribution in [-0.4, -0.2) is 60.9 Å². The van der Waals surface area contributed by atoms with Gasteiger partial charge in [-0.2, -0.15) is 0 Å². The van der Waals surface area contributed by atoms with Crippen molar-refractivity contribution < 1.29 is 9.59 Å². The predicted molar refractivity (Wildman–Crippen MR) is 144 cm³/mol. The minimum Gasteiger partial charge on any atom is -0.368 e. The van der Waals surface area contributed by atoms with E-state index in [2.05, 4.69) is 67.3 Å². The first-order valence-electron chi connectivity index (χ1n) is 12.9. The molecule has 0 aliphatic carbocycles. The fourth-order valence-corrected chi connectivity index (χ4v) is 5.67. The molecule has 186 valence electrons. The highest BCUT2D eigenvalue weighted by Gasteiger charge is 2.42. The van der Waals surface area contributed by atoms with Crippen LogP contribution < -0.4 is 4.90 Å². The zero-order valence-electron chi connectivity index (χ0n) is 21.5. The van der Waals surface area contributed by atoms with E-state index in [0.717, 1.165) is 29.8 Å². The number of carbonyl (C=O) groups is 2. The molecule has 2 unspecified atom stereocenters. The summed E-state index contributed by atoms with van der Waals surface area (Å²) in [7, 11) is 0. The topological polar surface area (TPSA) is 43.9 Å². The molecule has 5 nitrogen and oxygen atoms in total. The van der Waals surface area contributed by atoms with Gasteiger partial charge in [-0.05, 0) is 49.6 Å². The Morgan fingerprint density at radius 2 is 1.33 bits per heavy atom. The fourth-order valence-electron chi connectivity index (χ4n) is 5.67. The molecule has 2 heterocycles. The van der Waals surface area contributed by atoms with Gasteiger partial charge in [0.2, 0.25) is 5.91 Å². The van der Waals surface area contributed by atoms with Crippen molar-refractivity contribution in [1.82, 2.24) is 9.80 Å². The zero-order valence-corrected chi connectivity index (χ0v) is 21.5. The summed E-state index contributed by atoms with van der Waals surface area (Å²) in [6, 6.07) is 24.6. The average molecular weight is 482 g/mol. The van der Waals surface area contributed by atoms with Crippen molar-refractivity contribution in [2.45, 2.75) is 26.7 Å². The number of carbonyl (C=O) groups excluding carboxylic acids is 2. The monoisotopic (exact) mass is 481 g/mol. The third-order valence-corrected chi connectivity index (χ3v) is 7.85. The summed E-state index contributed by atoms with van der Waals surface area (Å²) in [5.41, 5.74) is 6.53. The molecule has 2 amide bonds. The van der Waals surface area contributed by atoms with Crippen molar-refractivity contribution in [3.8, 4) is 0 Å². The van der Waals surface area contributed by atoms with Crippen molar-refractivity contribution in [1.29, 1.82) is 0 Å². The van der Waals surface area contributed by atoms with Crippen LogP contribution in [0.4, 0.5) is 5.69 Å². The smallest absolute Gasteiger partial charge is 0.254 e. The Morgan fingerprint density at radius 1 is 0.694 bits per heavy atom. The van der Waals surface area contributed by atoms with E-state index in [1.54, 1.807) is 0 Å². The number of likely N-dealkylation sites (tertiary alicyclic amines) is 1. The summed E-state index contributed by atoms with van der Waals surface area (Å²) in [6.07, 6.45) is 0. The molecule has 5 rings (SSSR count). The number of amides is 2. The normalized spacial score (nSPS) is 20.0. The molecule has 0 bridgehead atoms. The summed E-state index contributed by atoms with van der Waals surface area (Å²) in [5, 5.41) is 0. The van der Waals surface area contributed by atoms with Gasteiger partial charge >= 0.3 is 0 Å². The van der Waals surface area contributed by atoms with Crippen LogP contribution in [0.15, 0.2) is 72.8 Å². The summed E-state index contributed by atoms with van der Waals surface area (Å²) in [5.74, 6) is -0.0406. The third-order valence-electron chi connectivity index (χ3n) is 7.85. The van der Waals surface area contributed by atoms with Gasteiger partial charge in [-0.1, -0.05) is 66.2 Å². The number of hydrogen-bond donors (Lipinski definition) is 0. The molecular weight excluding hydrogens is 446 g/mol. The highest BCUT2D eigenvalue weighted by Crippen LogP contribution is 2.35. The first-order valence-corrected chi connectivity index (χ1v) is 12.9. The third kappa shape index (κ3) is 4.75. The van der Waals surface area contributed by atoms with Gasteiger partial charge in [0, 0.05) is 56.4 Å². The van der Waals surface area contributed by atoms with E-state index in [-0.39, 0.29) is 23.7 Å². The number of rotatable bonds is 4. The Balaban J connectivity index is 1.35. The lowest BCUT2D eigenvalue weighted by Crippen LogP contribution is -2.51. The van der Waals surface area contributed by atoms with Crippen LogP contribution in [0.2, 0.25) is 0 Å². The number of aryl methyl sites for hydroxylation is 3. The van der Waals surface area contributed by atoms with Gasteiger partial charge in [0.1, 0.15) is 0 Å². The second kappa shape index (κ2) is 10.2. The van der Waals surface area contributed by atoms with Crippen molar-refractivity contribution in [3.63, 3.8) is 0 Å². The van der Waals surface area contributed by atoms with E-state index >= 15 is 0 Å². The summed E-state index contributed by atoms with van der Waals surface area (Å²) < 4.78 is 0. The standard InChI is InChI=1S/C31H35N3O2/c1-22-12-14-25(15-13-22)27-20-34(30(35)26-10-6-4-8-23(26)2)21-28(27)31(36)33-18-16-32(17-19-33)29-11-7-5-9-24(29)3/h4-15,27-28H,16-21H2,1-3H3. The maximum absolute atomic E-state index is 13.9. The van der Waals surface area contributed by atoms with Gasteiger partial charge in [-0.3, -0.25) is 9.59 Å². The van der Waals surface area contributed by atoms with Crippen LogP contribution in [0.25, 0.3) is 0 Å². The van der Waals surface area contributed by atoms with Gasteiger partial charge in [0.05, 0.1) is 5.92 Å². The average Bonchev–Trinajstić information content (AvgIpc) is 3.34. The highest BCUT2D eigenvalue weighted by molar-refractivity contribution is 5.96. The minimum atomic E-state index is -0.231. The lowest BCUT2D eigenvalue weighted by Gasteiger charge is -2.38. The number of hydrogen-bond acceptors (Lipinski definition) is 3. The molecule has 0 saturated carbocycles. The molecule has 5 heteroatoms. The van der Waals surface area contributed by atoms with E-state index in [9.17, 15) is 9.59 Å². The van der Waals surface area contributed by atoms with E-state index in [1.165, 1.54) is 16.8 Å². The molecule has 0 aromatic heterocycles. The molecule has 36 heavy (non-hydrogen) atoms. The maximum atomic E-state index is 13.9. The first-order chi connectivity index (χ1) is 17.4. The lowest BCUT2D eigenvalue weighted by atomic mass is 9.87. The lowest BCUT2D eigenvalue weighted by molar-refractivity contribution is -0.135. The second-order valence-electron chi connectivity index (χ2n) is 10.2. The Bertz CT molecular complexity index is 1240. The fraction of sp³-hybridized carbons (Fsp3) is 0.355. The van der Waals surface area contributed by atoms with Gasteiger partial charge in [0.25, 0.3) is 5.91 Å². The molecule has 3 aromatic rings. The molecule has 2 aliphatic heterocycles. The maximum Gasteiger partial charge on any atom is 0.254 e. The molecule has 2 aliphatic rings. The largest absolute Gasteiger partial charge is 0.368 e. The summed E-state index contributed by atoms with van der Waals surface area (Å²) in [6.45, 7) is 10.3. The molecule has 2 saturated heterocycles. The molecule has 0 radical (unpaired) electrons. The Labute approximate surface area is 214 Å². The Kier molecular flexibility index (Phi) is 6.82.